The van der Waals surface area contributed by atoms with Gasteiger partial charge in [-0.15, -0.1) is 0 Å². The number of carbonyl (C=O) groups is 2. The topological polar surface area (TPSA) is 74.3 Å². The molecule has 0 atom stereocenters. The Morgan fingerprint density at radius 2 is 1.79 bits per heavy atom. The van der Waals surface area contributed by atoms with Crippen molar-refractivity contribution in [3.63, 3.8) is 0 Å². The third-order valence-electron chi connectivity index (χ3n) is 3.50. The average Bonchev–Trinajstić information content (AvgIpc) is 2.59. The van der Waals surface area contributed by atoms with Crippen LogP contribution in [-0.4, -0.2) is 35.4 Å². The Morgan fingerprint density at radius 1 is 1.04 bits per heavy atom. The van der Waals surface area contributed by atoms with E-state index in [1.165, 1.54) is 7.05 Å². The van der Waals surface area contributed by atoms with Crippen LogP contribution in [0.2, 0.25) is 0 Å². The Balaban J connectivity index is 2.11. The number of pyridine rings is 1. The monoisotopic (exact) mass is 326 g/mol. The van der Waals surface area contributed by atoms with Gasteiger partial charge in [-0.25, -0.2) is 4.79 Å². The van der Waals surface area contributed by atoms with Gasteiger partial charge in [-0.1, -0.05) is 36.4 Å². The Labute approximate surface area is 141 Å². The van der Waals surface area contributed by atoms with Gasteiger partial charge in [-0.3, -0.25) is 9.78 Å². The van der Waals surface area contributed by atoms with Gasteiger partial charge in [-0.05, 0) is 24.6 Å². The molecular formula is C18H22N4O2. The third kappa shape index (κ3) is 5.39. The predicted molar refractivity (Wildman–Crippen MR) is 92.1 cm³/mol. The Morgan fingerprint density at radius 3 is 2.46 bits per heavy atom. The molecule has 1 aromatic carbocycles. The number of carbonyl (C=O) groups excluding carboxylic acids is 2. The Kier molecular flexibility index (Phi) is 6.31. The summed E-state index contributed by atoms with van der Waals surface area (Å²) >= 11 is 0. The molecule has 2 rings (SSSR count). The van der Waals surface area contributed by atoms with Crippen LogP contribution in [0.25, 0.3) is 0 Å². The lowest BCUT2D eigenvalue weighted by molar-refractivity contribution is -0.131. The number of hydrogen-bond acceptors (Lipinski definition) is 3. The molecule has 0 saturated carbocycles. The summed E-state index contributed by atoms with van der Waals surface area (Å²) in [6.07, 6.45) is 0. The lowest BCUT2D eigenvalue weighted by Crippen LogP contribution is -2.42. The SMILES string of the molecule is CNC(=O)NCC(=O)N(Cc1ccccc1)Cc1cccc(C)n1. The fourth-order valence-electron chi connectivity index (χ4n) is 2.28. The molecule has 0 radical (unpaired) electrons. The molecule has 0 unspecified atom stereocenters. The van der Waals surface area contributed by atoms with E-state index in [0.29, 0.717) is 13.1 Å². The van der Waals surface area contributed by atoms with E-state index in [4.69, 9.17) is 0 Å². The van der Waals surface area contributed by atoms with E-state index in [1.54, 1.807) is 4.90 Å². The number of rotatable bonds is 6. The maximum absolute atomic E-state index is 12.5. The first-order chi connectivity index (χ1) is 11.6. The number of benzene rings is 1. The van der Waals surface area contributed by atoms with Gasteiger partial charge in [0.05, 0.1) is 18.8 Å². The van der Waals surface area contributed by atoms with Crippen molar-refractivity contribution in [2.45, 2.75) is 20.0 Å². The molecule has 6 heteroatoms. The summed E-state index contributed by atoms with van der Waals surface area (Å²) in [6, 6.07) is 15.1. The molecule has 24 heavy (non-hydrogen) atoms. The summed E-state index contributed by atoms with van der Waals surface area (Å²) < 4.78 is 0. The van der Waals surface area contributed by atoms with Gasteiger partial charge >= 0.3 is 6.03 Å². The van der Waals surface area contributed by atoms with Gasteiger partial charge in [-0.2, -0.15) is 0 Å². The van der Waals surface area contributed by atoms with Gasteiger partial charge in [0.2, 0.25) is 5.91 Å². The minimum Gasteiger partial charge on any atom is -0.341 e. The zero-order valence-corrected chi connectivity index (χ0v) is 14.0. The smallest absolute Gasteiger partial charge is 0.314 e. The zero-order chi connectivity index (χ0) is 17.4. The molecule has 2 N–H and O–H groups in total. The first-order valence-corrected chi connectivity index (χ1v) is 7.78. The van der Waals surface area contributed by atoms with Crippen LogP contribution in [0.15, 0.2) is 48.5 Å². The van der Waals surface area contributed by atoms with Crippen LogP contribution in [-0.2, 0) is 17.9 Å². The van der Waals surface area contributed by atoms with Gasteiger partial charge in [0.15, 0.2) is 0 Å². The van der Waals surface area contributed by atoms with Crippen molar-refractivity contribution in [1.29, 1.82) is 0 Å². The standard InChI is InChI=1S/C18H22N4O2/c1-14-7-6-10-16(21-14)13-22(12-15-8-4-3-5-9-15)17(23)11-20-18(24)19-2/h3-10H,11-13H2,1-2H3,(H2,19,20,24). The summed E-state index contributed by atoms with van der Waals surface area (Å²) in [5.74, 6) is -0.161. The highest BCUT2D eigenvalue weighted by atomic mass is 16.2. The molecular weight excluding hydrogens is 304 g/mol. The van der Waals surface area contributed by atoms with Crippen LogP contribution in [0, 0.1) is 6.92 Å². The van der Waals surface area contributed by atoms with Gasteiger partial charge < -0.3 is 15.5 Å². The van der Waals surface area contributed by atoms with Crippen molar-refractivity contribution < 1.29 is 9.59 Å². The third-order valence-corrected chi connectivity index (χ3v) is 3.50. The van der Waals surface area contributed by atoms with Crippen LogP contribution < -0.4 is 10.6 Å². The molecule has 0 fully saturated rings. The second-order valence-electron chi connectivity index (χ2n) is 5.44. The largest absolute Gasteiger partial charge is 0.341 e. The van der Waals surface area contributed by atoms with Gasteiger partial charge in [0, 0.05) is 19.3 Å². The number of urea groups is 1. The highest BCUT2D eigenvalue weighted by Crippen LogP contribution is 2.09. The molecule has 1 heterocycles. The maximum Gasteiger partial charge on any atom is 0.314 e. The van der Waals surface area contributed by atoms with Crippen molar-refractivity contribution in [2.75, 3.05) is 13.6 Å². The van der Waals surface area contributed by atoms with Crippen LogP contribution >= 0.6 is 0 Å². The van der Waals surface area contributed by atoms with Crippen LogP contribution in [0.3, 0.4) is 0 Å². The van der Waals surface area contributed by atoms with Crippen molar-refractivity contribution in [3.05, 3.63) is 65.5 Å². The summed E-state index contributed by atoms with van der Waals surface area (Å²) in [5.41, 5.74) is 2.75. The van der Waals surface area contributed by atoms with E-state index in [0.717, 1.165) is 17.0 Å². The van der Waals surface area contributed by atoms with E-state index in [2.05, 4.69) is 15.6 Å². The van der Waals surface area contributed by atoms with Gasteiger partial charge in [0.25, 0.3) is 0 Å². The first kappa shape index (κ1) is 17.5. The van der Waals surface area contributed by atoms with Crippen LogP contribution in [0.4, 0.5) is 4.79 Å². The fraction of sp³-hybridized carbons (Fsp3) is 0.278. The van der Waals surface area contributed by atoms with E-state index < -0.39 is 0 Å². The number of nitrogens with zero attached hydrogens (tertiary/aromatic N) is 2. The van der Waals surface area contributed by atoms with E-state index >= 15 is 0 Å². The molecule has 0 aliphatic carbocycles. The number of nitrogens with one attached hydrogen (secondary N) is 2. The van der Waals surface area contributed by atoms with Gasteiger partial charge in [0.1, 0.15) is 0 Å². The molecule has 0 saturated heterocycles. The highest BCUT2D eigenvalue weighted by Gasteiger charge is 2.16. The van der Waals surface area contributed by atoms with Crippen molar-refractivity contribution in [2.24, 2.45) is 0 Å². The first-order valence-electron chi connectivity index (χ1n) is 7.78. The molecule has 6 nitrogen and oxygen atoms in total. The normalized spacial score (nSPS) is 10.1. The van der Waals surface area contributed by atoms with E-state index in [1.807, 2.05) is 55.5 Å². The number of amides is 3. The lowest BCUT2D eigenvalue weighted by atomic mass is 10.2. The summed E-state index contributed by atoms with van der Waals surface area (Å²) in [4.78, 5) is 30.0. The van der Waals surface area contributed by atoms with Crippen molar-refractivity contribution >= 4 is 11.9 Å². The molecule has 1 aromatic heterocycles. The molecule has 0 bridgehead atoms. The van der Waals surface area contributed by atoms with Crippen LogP contribution in [0.1, 0.15) is 17.0 Å². The zero-order valence-electron chi connectivity index (χ0n) is 14.0. The fourth-order valence-corrected chi connectivity index (χ4v) is 2.28. The Bertz CT molecular complexity index is 688. The van der Waals surface area contributed by atoms with E-state index in [-0.39, 0.29) is 18.5 Å². The molecule has 0 spiro atoms. The van der Waals surface area contributed by atoms with Crippen LogP contribution in [0.5, 0.6) is 0 Å². The lowest BCUT2D eigenvalue weighted by Gasteiger charge is -2.23. The summed E-state index contributed by atoms with van der Waals surface area (Å²) in [6.45, 7) is 2.72. The second-order valence-corrected chi connectivity index (χ2v) is 5.44. The quantitative estimate of drug-likeness (QED) is 0.851. The maximum atomic E-state index is 12.5. The highest BCUT2D eigenvalue weighted by molar-refractivity contribution is 5.83. The number of aryl methyl sites for hydroxylation is 1. The number of hydrogen-bond donors (Lipinski definition) is 2. The second kappa shape index (κ2) is 8.67. The molecule has 2 aromatic rings. The minimum atomic E-state index is -0.378. The predicted octanol–water partition coefficient (Wildman–Crippen LogP) is 1.85. The minimum absolute atomic E-state index is 0.0572. The number of aromatic nitrogens is 1. The molecule has 0 aliphatic rings. The Hall–Kier alpha value is -2.89. The summed E-state index contributed by atoms with van der Waals surface area (Å²) in [5, 5.41) is 4.97. The van der Waals surface area contributed by atoms with Crippen molar-refractivity contribution in [1.82, 2.24) is 20.5 Å². The van der Waals surface area contributed by atoms with E-state index in [9.17, 15) is 9.59 Å². The molecule has 126 valence electrons. The average molecular weight is 326 g/mol. The molecule has 0 aliphatic heterocycles. The molecule has 3 amide bonds. The van der Waals surface area contributed by atoms with Crippen molar-refractivity contribution in [3.8, 4) is 0 Å². The summed E-state index contributed by atoms with van der Waals surface area (Å²) in [7, 11) is 1.51.